The minimum atomic E-state index is -3.82. The molecular weight excluding hydrogens is 1130 g/mol. The first-order chi connectivity index (χ1) is 37.3. The first-order valence-electron chi connectivity index (χ1n) is 25.7. The summed E-state index contributed by atoms with van der Waals surface area (Å²) in [6.07, 6.45) is -3.43. The minimum absolute atomic E-state index is 0.0151. The van der Waals surface area contributed by atoms with Crippen LogP contribution in [0.25, 0.3) is 0 Å². The van der Waals surface area contributed by atoms with Crippen LogP contribution in [0, 0.1) is 0 Å². The van der Waals surface area contributed by atoms with Gasteiger partial charge >= 0.3 is 0 Å². The summed E-state index contributed by atoms with van der Waals surface area (Å²) >= 11 is 25.7. The molecule has 24 heteroatoms. The molecule has 2 aliphatic heterocycles. The number of sulfone groups is 1. The number of hydrogen-bond acceptors (Lipinski definition) is 16. The highest BCUT2D eigenvalue weighted by atomic mass is 35.5. The third-order valence-electron chi connectivity index (χ3n) is 13.1. The molecule has 0 aromatic heterocycles. The Bertz CT molecular complexity index is 2650. The number of amides is 1. The van der Waals surface area contributed by atoms with Crippen LogP contribution in [0.5, 0.6) is 0 Å². The Morgan fingerprint density at radius 3 is 1.56 bits per heavy atom. The molecule has 4 N–H and O–H groups in total. The molecule has 0 spiro atoms. The van der Waals surface area contributed by atoms with Crippen LogP contribution in [0.1, 0.15) is 64.5 Å². The van der Waals surface area contributed by atoms with Crippen molar-refractivity contribution in [3.8, 4) is 0 Å². The highest BCUT2D eigenvalue weighted by Crippen LogP contribution is 2.40. The van der Waals surface area contributed by atoms with Crippen LogP contribution < -0.4 is 10.0 Å². The van der Waals surface area contributed by atoms with Gasteiger partial charge in [-0.3, -0.25) is 9.59 Å². The van der Waals surface area contributed by atoms with Gasteiger partial charge in [0.05, 0.1) is 81.6 Å². The number of likely N-dealkylation sites (N-methyl/N-ethyl adjacent to an activating group) is 2. The van der Waals surface area contributed by atoms with E-state index in [4.69, 9.17) is 74.8 Å². The first kappa shape index (κ1) is 63.8. The quantitative estimate of drug-likeness (QED) is 0.0400. The summed E-state index contributed by atoms with van der Waals surface area (Å²) in [7, 11) is -3.39. The predicted molar refractivity (Wildman–Crippen MR) is 298 cm³/mol. The van der Waals surface area contributed by atoms with Crippen molar-refractivity contribution in [2.75, 3.05) is 125 Å². The molecule has 6 rings (SSSR count). The number of carbonyl (C=O) groups excluding carboxylic acids is 2. The van der Waals surface area contributed by atoms with Gasteiger partial charge in [0.1, 0.15) is 6.10 Å². The van der Waals surface area contributed by atoms with Crippen molar-refractivity contribution in [2.45, 2.75) is 66.2 Å². The molecule has 0 saturated heterocycles. The van der Waals surface area contributed by atoms with Crippen molar-refractivity contribution >= 4 is 78.0 Å². The molecule has 4 aromatic carbocycles. The molecule has 0 bridgehead atoms. The van der Waals surface area contributed by atoms with E-state index in [1.54, 1.807) is 48.5 Å². The van der Waals surface area contributed by atoms with Crippen LogP contribution >= 0.6 is 46.4 Å². The van der Waals surface area contributed by atoms with Crippen molar-refractivity contribution in [1.29, 1.82) is 0 Å². The molecule has 4 aromatic rings. The summed E-state index contributed by atoms with van der Waals surface area (Å²) in [4.78, 5) is 29.4. The summed E-state index contributed by atoms with van der Waals surface area (Å²) in [5.41, 5.74) is 5.67. The fourth-order valence-electron chi connectivity index (χ4n) is 9.14. The number of hydrogen-bond donors (Lipinski definition) is 4. The van der Waals surface area contributed by atoms with Crippen LogP contribution in [-0.4, -0.2) is 186 Å². The fraction of sp³-hybridized carbons (Fsp3) is 0.519. The van der Waals surface area contributed by atoms with Gasteiger partial charge in [0.25, 0.3) is 5.91 Å². The van der Waals surface area contributed by atoms with Crippen LogP contribution in [0.3, 0.4) is 0 Å². The lowest BCUT2D eigenvalue weighted by atomic mass is 9.85. The van der Waals surface area contributed by atoms with E-state index in [-0.39, 0.29) is 133 Å². The first-order valence-corrected chi connectivity index (χ1v) is 30.4. The maximum Gasteiger partial charge on any atom is 0.252 e. The number of sulfonamides is 1. The molecular formula is C54H70Cl4N4O14S2. The average molecular weight is 1210 g/mol. The van der Waals surface area contributed by atoms with Crippen LogP contribution in [0.4, 0.5) is 0 Å². The molecule has 2 heterocycles. The molecule has 0 radical (unpaired) electrons. The molecule has 0 unspecified atom stereocenters. The summed E-state index contributed by atoms with van der Waals surface area (Å²) in [5.74, 6) is -1.90. The van der Waals surface area contributed by atoms with Crippen LogP contribution in [0.15, 0.2) is 82.6 Å². The van der Waals surface area contributed by atoms with E-state index in [0.29, 0.717) is 52.7 Å². The highest BCUT2D eigenvalue weighted by molar-refractivity contribution is 7.91. The van der Waals surface area contributed by atoms with Gasteiger partial charge in [0.2, 0.25) is 10.0 Å². The largest absolute Gasteiger partial charge is 0.382 e. The number of halogens is 4. The smallest absolute Gasteiger partial charge is 0.252 e. The lowest BCUT2D eigenvalue weighted by Gasteiger charge is -2.33. The Morgan fingerprint density at radius 1 is 0.590 bits per heavy atom. The number of rotatable bonds is 34. The van der Waals surface area contributed by atoms with Crippen molar-refractivity contribution in [3.63, 3.8) is 0 Å². The molecule has 4 atom stereocenters. The highest BCUT2D eigenvalue weighted by Gasteiger charge is 2.31. The normalized spacial score (nSPS) is 16.9. The van der Waals surface area contributed by atoms with E-state index in [1.807, 2.05) is 38.4 Å². The number of nitrogens with one attached hydrogen (secondary N) is 2. The lowest BCUT2D eigenvalue weighted by molar-refractivity contribution is -0.145. The number of carbonyl (C=O) groups is 2. The van der Waals surface area contributed by atoms with Crippen LogP contribution in [-0.2, 0) is 71.0 Å². The maximum atomic E-state index is 13.3. The number of ketones is 1. The Kier molecular flexibility index (Phi) is 26.0. The molecule has 18 nitrogen and oxygen atoms in total. The van der Waals surface area contributed by atoms with Crippen molar-refractivity contribution in [1.82, 2.24) is 19.8 Å². The summed E-state index contributed by atoms with van der Waals surface area (Å²) in [5, 5.41) is 25.1. The van der Waals surface area contributed by atoms with E-state index in [0.717, 1.165) is 33.4 Å². The molecule has 0 saturated carbocycles. The van der Waals surface area contributed by atoms with Crippen molar-refractivity contribution in [2.24, 2.45) is 0 Å². The second kappa shape index (κ2) is 31.7. The average Bonchev–Trinajstić information content (AvgIpc) is 3.50. The van der Waals surface area contributed by atoms with Crippen molar-refractivity contribution < 1.29 is 65.1 Å². The summed E-state index contributed by atoms with van der Waals surface area (Å²) < 4.78 is 88.3. The maximum absolute atomic E-state index is 13.3. The second-order valence-electron chi connectivity index (χ2n) is 19.0. The number of Topliss-reactive ketones (excluding diaryl/α,β-unsaturated/α-hetero) is 1. The van der Waals surface area contributed by atoms with E-state index >= 15 is 0 Å². The molecule has 78 heavy (non-hydrogen) atoms. The minimum Gasteiger partial charge on any atom is -0.382 e. The lowest BCUT2D eigenvalue weighted by Crippen LogP contribution is -2.46. The summed E-state index contributed by atoms with van der Waals surface area (Å²) in [6.45, 7) is 5.32. The zero-order valence-electron chi connectivity index (χ0n) is 43.8. The zero-order chi connectivity index (χ0) is 56.2. The Balaban J connectivity index is 0.717. The Hall–Kier alpha value is -3.36. The monoisotopic (exact) mass is 1200 g/mol. The van der Waals surface area contributed by atoms with E-state index < -0.39 is 43.8 Å². The third-order valence-corrected chi connectivity index (χ3v) is 17.4. The second-order valence-corrected chi connectivity index (χ2v) is 24.6. The standard InChI is InChI=1S/C54H70Cl4N4O14S2/c1-61-33-45(43-29-39(55)31-49(57)47(43)35-61)37-7-3-9-41(27-37)77(67,68)26-6-15-72-19-23-75-22-18-71-14-5-11-51(63)52(64)53(65)54(66)59-12-16-73-20-24-76-25-21-74-17-13-60-78(69,70)42-10-4-8-38(28-42)46-34-62(2)36-48-44(46)30-40(56)32-50(48)58/h3-4,7-10,27-32,45-46,52-53,60,64-65H,5-6,11-26,33-36H2,1-2H3,(H,59,66)/t45-,46-,52-,53+/m0/s1. The molecule has 0 aliphatic carbocycles. The van der Waals surface area contributed by atoms with Gasteiger partial charge in [0.15, 0.2) is 21.7 Å². The molecule has 430 valence electrons. The molecule has 2 aliphatic rings. The van der Waals surface area contributed by atoms with Gasteiger partial charge in [0, 0.05) is 90.8 Å². The van der Waals surface area contributed by atoms with Gasteiger partial charge in [-0.05, 0) is 109 Å². The van der Waals surface area contributed by atoms with Crippen molar-refractivity contribution in [3.05, 3.63) is 126 Å². The Labute approximate surface area is 477 Å². The van der Waals surface area contributed by atoms with E-state index in [2.05, 4.69) is 19.8 Å². The molecule has 1 amide bonds. The van der Waals surface area contributed by atoms with Gasteiger partial charge in [-0.15, -0.1) is 0 Å². The van der Waals surface area contributed by atoms with E-state index in [1.165, 1.54) is 0 Å². The Morgan fingerprint density at radius 2 is 1.04 bits per heavy atom. The molecule has 0 fully saturated rings. The van der Waals surface area contributed by atoms with Gasteiger partial charge in [-0.25, -0.2) is 21.6 Å². The van der Waals surface area contributed by atoms with E-state index in [9.17, 15) is 36.6 Å². The predicted octanol–water partition coefficient (Wildman–Crippen LogP) is 5.88. The number of aliphatic hydroxyl groups excluding tert-OH is 2. The SMILES string of the molecule is CN1Cc2c(Cl)cc(Cl)cc2[C@H](c2cccc(S(=O)(=O)CCCOCCOCCOCCCC(=O)[C@H](O)[C@@H](O)C(=O)NCCOCCOCCOCCNS(=O)(=O)c3cccc([C@@H]4CN(C)Cc5c(Cl)cc(Cl)cc54)c3)c2)C1. The number of benzene rings is 4. The van der Waals surface area contributed by atoms with Gasteiger partial charge in [-0.1, -0.05) is 70.7 Å². The summed E-state index contributed by atoms with van der Waals surface area (Å²) in [6, 6.07) is 21.1. The van der Waals surface area contributed by atoms with Gasteiger partial charge in [-0.2, -0.15) is 0 Å². The number of ether oxygens (including phenoxy) is 6. The zero-order valence-corrected chi connectivity index (χ0v) is 48.5. The number of aliphatic hydroxyl groups is 2. The number of fused-ring (bicyclic) bond motifs is 2. The van der Waals surface area contributed by atoms with Gasteiger partial charge < -0.3 is 53.8 Å². The number of nitrogens with zero attached hydrogens (tertiary/aromatic N) is 2. The topological polar surface area (TPSA) is 229 Å². The fourth-order valence-corrected chi connectivity index (χ4v) is 12.7. The van der Waals surface area contributed by atoms with Crippen LogP contribution in [0.2, 0.25) is 20.1 Å². The third kappa shape index (κ3) is 19.4.